The molecule has 1 atom stereocenters. The number of aryl methyl sites for hydroxylation is 2. The molecule has 5 nitrogen and oxygen atoms in total. The van der Waals surface area contributed by atoms with E-state index >= 15 is 0 Å². The zero-order valence-electron chi connectivity index (χ0n) is 13.9. The van der Waals surface area contributed by atoms with Crippen LogP contribution in [-0.4, -0.2) is 47.5 Å². The van der Waals surface area contributed by atoms with Crippen molar-refractivity contribution in [3.05, 3.63) is 17.6 Å². The SMILES string of the molecule is CCCc1nc(C)cc(N2CC[C@]3(CCCN(C)C3=O)C2)n1. The van der Waals surface area contributed by atoms with Gasteiger partial charge in [-0.05, 0) is 32.6 Å². The van der Waals surface area contributed by atoms with Gasteiger partial charge in [-0.15, -0.1) is 0 Å². The van der Waals surface area contributed by atoms with Gasteiger partial charge >= 0.3 is 0 Å². The predicted molar refractivity (Wildman–Crippen MR) is 86.9 cm³/mol. The highest BCUT2D eigenvalue weighted by Gasteiger charge is 2.47. The number of amides is 1. The minimum Gasteiger partial charge on any atom is -0.355 e. The third-order valence-corrected chi connectivity index (χ3v) is 4.99. The lowest BCUT2D eigenvalue weighted by Crippen LogP contribution is -2.48. The van der Waals surface area contributed by atoms with Crippen LogP contribution in [0, 0.1) is 12.3 Å². The van der Waals surface area contributed by atoms with Crippen LogP contribution >= 0.6 is 0 Å². The Kier molecular flexibility index (Phi) is 4.06. The lowest BCUT2D eigenvalue weighted by molar-refractivity contribution is -0.143. The third-order valence-electron chi connectivity index (χ3n) is 4.99. The van der Waals surface area contributed by atoms with E-state index in [1.54, 1.807) is 0 Å². The molecule has 22 heavy (non-hydrogen) atoms. The van der Waals surface area contributed by atoms with Crippen molar-refractivity contribution < 1.29 is 4.79 Å². The van der Waals surface area contributed by atoms with Crippen LogP contribution in [0.1, 0.15) is 44.1 Å². The topological polar surface area (TPSA) is 49.3 Å². The van der Waals surface area contributed by atoms with Gasteiger partial charge in [0.2, 0.25) is 5.91 Å². The lowest BCUT2D eigenvalue weighted by Gasteiger charge is -2.37. The lowest BCUT2D eigenvalue weighted by atomic mass is 9.78. The molecule has 2 aliphatic heterocycles. The summed E-state index contributed by atoms with van der Waals surface area (Å²) in [5.74, 6) is 2.24. The van der Waals surface area contributed by atoms with Crippen LogP contribution in [0.4, 0.5) is 5.82 Å². The van der Waals surface area contributed by atoms with Crippen LogP contribution in [0.15, 0.2) is 6.07 Å². The zero-order chi connectivity index (χ0) is 15.7. The van der Waals surface area contributed by atoms with E-state index in [1.807, 2.05) is 18.9 Å². The van der Waals surface area contributed by atoms with Gasteiger partial charge in [-0.25, -0.2) is 9.97 Å². The average Bonchev–Trinajstić information content (AvgIpc) is 2.90. The molecule has 0 unspecified atom stereocenters. The molecule has 0 bridgehead atoms. The summed E-state index contributed by atoms with van der Waals surface area (Å²) < 4.78 is 0. The van der Waals surface area contributed by atoms with Crippen LogP contribution in [0.3, 0.4) is 0 Å². The Labute approximate surface area is 132 Å². The zero-order valence-corrected chi connectivity index (χ0v) is 13.9. The number of hydrogen-bond donors (Lipinski definition) is 0. The van der Waals surface area contributed by atoms with E-state index in [1.165, 1.54) is 0 Å². The highest BCUT2D eigenvalue weighted by Crippen LogP contribution is 2.40. The first-order valence-electron chi connectivity index (χ1n) is 8.39. The van der Waals surface area contributed by atoms with E-state index in [0.717, 1.165) is 69.1 Å². The van der Waals surface area contributed by atoms with Gasteiger partial charge in [-0.1, -0.05) is 6.92 Å². The van der Waals surface area contributed by atoms with E-state index < -0.39 is 0 Å². The first-order chi connectivity index (χ1) is 10.5. The van der Waals surface area contributed by atoms with Gasteiger partial charge in [0, 0.05) is 44.9 Å². The molecule has 5 heteroatoms. The maximum absolute atomic E-state index is 12.6. The van der Waals surface area contributed by atoms with Gasteiger partial charge in [0.1, 0.15) is 11.6 Å². The molecule has 3 heterocycles. The van der Waals surface area contributed by atoms with Crippen LogP contribution in [0.5, 0.6) is 0 Å². The van der Waals surface area contributed by atoms with Gasteiger partial charge in [0.25, 0.3) is 0 Å². The second kappa shape index (κ2) is 5.86. The molecule has 1 spiro atoms. The van der Waals surface area contributed by atoms with Crippen molar-refractivity contribution in [1.29, 1.82) is 0 Å². The molecule has 0 aliphatic carbocycles. The van der Waals surface area contributed by atoms with Crippen molar-refractivity contribution in [2.75, 3.05) is 31.6 Å². The summed E-state index contributed by atoms with van der Waals surface area (Å²) in [4.78, 5) is 26.0. The minimum absolute atomic E-state index is 0.184. The summed E-state index contributed by atoms with van der Waals surface area (Å²) in [6.45, 7) is 6.79. The second-order valence-corrected chi connectivity index (χ2v) is 6.82. The Balaban J connectivity index is 1.82. The highest BCUT2D eigenvalue weighted by molar-refractivity contribution is 5.84. The number of piperidine rings is 1. The van der Waals surface area contributed by atoms with Gasteiger partial charge in [-0.2, -0.15) is 0 Å². The van der Waals surface area contributed by atoms with Crippen molar-refractivity contribution in [3.63, 3.8) is 0 Å². The van der Waals surface area contributed by atoms with E-state index in [9.17, 15) is 4.79 Å². The number of aromatic nitrogens is 2. The number of likely N-dealkylation sites (tertiary alicyclic amines) is 1. The van der Waals surface area contributed by atoms with Crippen molar-refractivity contribution >= 4 is 11.7 Å². The van der Waals surface area contributed by atoms with Crippen LogP contribution in [0.25, 0.3) is 0 Å². The molecule has 1 aromatic rings. The number of hydrogen-bond acceptors (Lipinski definition) is 4. The summed E-state index contributed by atoms with van der Waals surface area (Å²) >= 11 is 0. The van der Waals surface area contributed by atoms with Crippen LogP contribution in [-0.2, 0) is 11.2 Å². The Morgan fingerprint density at radius 2 is 2.09 bits per heavy atom. The second-order valence-electron chi connectivity index (χ2n) is 6.82. The molecule has 3 rings (SSSR count). The van der Waals surface area contributed by atoms with Crippen molar-refractivity contribution in [2.24, 2.45) is 5.41 Å². The minimum atomic E-state index is -0.184. The molecule has 0 N–H and O–H groups in total. The molecular formula is C17H26N4O. The number of carbonyl (C=O) groups excluding carboxylic acids is 1. The van der Waals surface area contributed by atoms with E-state index in [4.69, 9.17) is 4.98 Å². The van der Waals surface area contributed by atoms with Gasteiger partial charge in [-0.3, -0.25) is 4.79 Å². The smallest absolute Gasteiger partial charge is 0.230 e. The molecule has 2 aliphatic rings. The van der Waals surface area contributed by atoms with E-state index in [0.29, 0.717) is 5.91 Å². The maximum atomic E-state index is 12.6. The number of anilines is 1. The van der Waals surface area contributed by atoms with Gasteiger partial charge in [0.15, 0.2) is 0 Å². The molecule has 2 fully saturated rings. The Morgan fingerprint density at radius 3 is 2.86 bits per heavy atom. The normalized spacial score (nSPS) is 25.3. The largest absolute Gasteiger partial charge is 0.355 e. The Hall–Kier alpha value is -1.65. The Morgan fingerprint density at radius 1 is 1.27 bits per heavy atom. The molecule has 0 aromatic carbocycles. The molecule has 0 saturated carbocycles. The Bertz CT molecular complexity index is 574. The standard InChI is InChI=1S/C17H26N4O/c1-4-6-14-18-13(2)11-15(19-14)21-10-8-17(12-21)7-5-9-20(3)16(17)22/h11H,4-10,12H2,1-3H3/t17-/m1/s1. The number of rotatable bonds is 3. The average molecular weight is 302 g/mol. The number of nitrogens with zero attached hydrogens (tertiary/aromatic N) is 4. The molecule has 1 amide bonds. The first kappa shape index (κ1) is 15.3. The first-order valence-corrected chi connectivity index (χ1v) is 8.39. The number of carbonyl (C=O) groups is 1. The molecule has 120 valence electrons. The summed E-state index contributed by atoms with van der Waals surface area (Å²) in [6.07, 6.45) is 5.03. The van der Waals surface area contributed by atoms with E-state index in [2.05, 4.69) is 22.9 Å². The van der Waals surface area contributed by atoms with Gasteiger partial charge < -0.3 is 9.80 Å². The van der Waals surface area contributed by atoms with Crippen molar-refractivity contribution in [2.45, 2.75) is 46.0 Å². The monoisotopic (exact) mass is 302 g/mol. The van der Waals surface area contributed by atoms with Crippen molar-refractivity contribution in [3.8, 4) is 0 Å². The van der Waals surface area contributed by atoms with Crippen molar-refractivity contribution in [1.82, 2.24) is 14.9 Å². The molecule has 2 saturated heterocycles. The third kappa shape index (κ3) is 2.69. The summed E-state index contributed by atoms with van der Waals surface area (Å²) in [7, 11) is 1.93. The summed E-state index contributed by atoms with van der Waals surface area (Å²) in [6, 6.07) is 2.05. The summed E-state index contributed by atoms with van der Waals surface area (Å²) in [5.41, 5.74) is 0.832. The quantitative estimate of drug-likeness (QED) is 0.859. The molecule has 1 aromatic heterocycles. The fraction of sp³-hybridized carbons (Fsp3) is 0.706. The highest BCUT2D eigenvalue weighted by atomic mass is 16.2. The molecular weight excluding hydrogens is 276 g/mol. The maximum Gasteiger partial charge on any atom is 0.230 e. The van der Waals surface area contributed by atoms with Crippen LogP contribution in [0.2, 0.25) is 0 Å². The fourth-order valence-corrected chi connectivity index (χ4v) is 3.82. The summed E-state index contributed by atoms with van der Waals surface area (Å²) in [5, 5.41) is 0. The molecule has 0 radical (unpaired) electrons. The van der Waals surface area contributed by atoms with Gasteiger partial charge in [0.05, 0.1) is 5.41 Å². The predicted octanol–water partition coefficient (Wildman–Crippen LogP) is 2.19. The van der Waals surface area contributed by atoms with E-state index in [-0.39, 0.29) is 5.41 Å². The van der Waals surface area contributed by atoms with Crippen LogP contribution < -0.4 is 4.90 Å². The fourth-order valence-electron chi connectivity index (χ4n) is 3.82.